The molecule has 0 atom stereocenters. The Morgan fingerprint density at radius 1 is 1.24 bits per heavy atom. The molecule has 1 heterocycles. The van der Waals surface area contributed by atoms with E-state index in [4.69, 9.17) is 4.74 Å². The fourth-order valence-corrected chi connectivity index (χ4v) is 3.41. The SMILES string of the molecule is COc1cccc(-c2nc(C)c(CC(=O)Nc3ccc(F)cc3)s2)c1. The fourth-order valence-electron chi connectivity index (χ4n) is 2.36. The number of methoxy groups -OCH3 is 1. The minimum absolute atomic E-state index is 0.157. The summed E-state index contributed by atoms with van der Waals surface area (Å²) in [6.07, 6.45) is 0.227. The molecule has 3 rings (SSSR count). The first-order chi connectivity index (χ1) is 12.0. The Hall–Kier alpha value is -2.73. The molecule has 0 saturated carbocycles. The fraction of sp³-hybridized carbons (Fsp3) is 0.158. The summed E-state index contributed by atoms with van der Waals surface area (Å²) in [4.78, 5) is 17.7. The van der Waals surface area contributed by atoms with Crippen LogP contribution in [-0.4, -0.2) is 18.0 Å². The maximum Gasteiger partial charge on any atom is 0.229 e. The van der Waals surface area contributed by atoms with E-state index in [0.29, 0.717) is 5.69 Å². The van der Waals surface area contributed by atoms with Crippen molar-refractivity contribution in [1.82, 2.24) is 4.98 Å². The number of amides is 1. The van der Waals surface area contributed by atoms with Gasteiger partial charge in [-0.3, -0.25) is 4.79 Å². The molecular weight excluding hydrogens is 339 g/mol. The maximum atomic E-state index is 12.9. The lowest BCUT2D eigenvalue weighted by Crippen LogP contribution is -2.14. The number of halogens is 1. The highest BCUT2D eigenvalue weighted by Gasteiger charge is 2.13. The first kappa shape index (κ1) is 17.1. The molecule has 128 valence electrons. The topological polar surface area (TPSA) is 51.2 Å². The van der Waals surface area contributed by atoms with Gasteiger partial charge in [-0.2, -0.15) is 0 Å². The minimum atomic E-state index is -0.334. The Balaban J connectivity index is 1.73. The third-order valence-electron chi connectivity index (χ3n) is 3.66. The quantitative estimate of drug-likeness (QED) is 0.735. The van der Waals surface area contributed by atoms with Gasteiger partial charge in [-0.1, -0.05) is 12.1 Å². The van der Waals surface area contributed by atoms with Crippen molar-refractivity contribution < 1.29 is 13.9 Å². The smallest absolute Gasteiger partial charge is 0.229 e. The molecule has 0 spiro atoms. The summed E-state index contributed by atoms with van der Waals surface area (Å²) in [6.45, 7) is 1.89. The van der Waals surface area contributed by atoms with E-state index in [2.05, 4.69) is 10.3 Å². The van der Waals surface area contributed by atoms with E-state index in [9.17, 15) is 9.18 Å². The lowest BCUT2D eigenvalue weighted by molar-refractivity contribution is -0.115. The van der Waals surface area contributed by atoms with Gasteiger partial charge in [0, 0.05) is 16.1 Å². The summed E-state index contributed by atoms with van der Waals surface area (Å²) in [5.74, 6) is 0.274. The lowest BCUT2D eigenvalue weighted by atomic mass is 10.2. The molecule has 0 aliphatic rings. The highest BCUT2D eigenvalue weighted by molar-refractivity contribution is 7.15. The third kappa shape index (κ3) is 4.22. The van der Waals surface area contributed by atoms with Gasteiger partial charge in [-0.25, -0.2) is 9.37 Å². The second-order valence-electron chi connectivity index (χ2n) is 5.49. The molecule has 4 nitrogen and oxygen atoms in total. The summed E-state index contributed by atoms with van der Waals surface area (Å²) in [5, 5.41) is 3.61. The van der Waals surface area contributed by atoms with Crippen LogP contribution in [0.3, 0.4) is 0 Å². The van der Waals surface area contributed by atoms with E-state index in [1.807, 2.05) is 31.2 Å². The number of hydrogen-bond acceptors (Lipinski definition) is 4. The predicted molar refractivity (Wildman–Crippen MR) is 97.6 cm³/mol. The largest absolute Gasteiger partial charge is 0.497 e. The number of thiazole rings is 1. The van der Waals surface area contributed by atoms with Crippen molar-refractivity contribution in [3.05, 3.63) is 64.9 Å². The number of nitrogens with zero attached hydrogens (tertiary/aromatic N) is 1. The van der Waals surface area contributed by atoms with Crippen LogP contribution >= 0.6 is 11.3 Å². The van der Waals surface area contributed by atoms with E-state index in [1.165, 1.54) is 35.6 Å². The van der Waals surface area contributed by atoms with Crippen molar-refractivity contribution in [3.8, 4) is 16.3 Å². The number of hydrogen-bond donors (Lipinski definition) is 1. The molecule has 2 aromatic carbocycles. The summed E-state index contributed by atoms with van der Waals surface area (Å²) >= 11 is 1.49. The van der Waals surface area contributed by atoms with E-state index in [-0.39, 0.29) is 18.1 Å². The molecule has 0 bridgehead atoms. The zero-order chi connectivity index (χ0) is 17.8. The lowest BCUT2D eigenvalue weighted by Gasteiger charge is -2.04. The summed E-state index contributed by atoms with van der Waals surface area (Å²) < 4.78 is 18.2. The Labute approximate surface area is 149 Å². The van der Waals surface area contributed by atoms with Crippen molar-refractivity contribution in [2.24, 2.45) is 0 Å². The molecule has 0 fully saturated rings. The number of benzene rings is 2. The molecule has 0 aliphatic carbocycles. The van der Waals surface area contributed by atoms with Crippen LogP contribution in [0.2, 0.25) is 0 Å². The van der Waals surface area contributed by atoms with Crippen LogP contribution in [0.25, 0.3) is 10.6 Å². The standard InChI is InChI=1S/C19H17FN2O2S/c1-12-17(11-18(23)22-15-8-6-14(20)7-9-15)25-19(21-12)13-4-3-5-16(10-13)24-2/h3-10H,11H2,1-2H3,(H,22,23). The van der Waals surface area contributed by atoms with Gasteiger partial charge < -0.3 is 10.1 Å². The van der Waals surface area contributed by atoms with Crippen LogP contribution in [0.1, 0.15) is 10.6 Å². The normalized spacial score (nSPS) is 10.5. The van der Waals surface area contributed by atoms with Crippen molar-refractivity contribution in [1.29, 1.82) is 0 Å². The van der Waals surface area contributed by atoms with Crippen LogP contribution in [-0.2, 0) is 11.2 Å². The summed E-state index contributed by atoms with van der Waals surface area (Å²) in [5.41, 5.74) is 2.36. The van der Waals surface area contributed by atoms with Crippen molar-refractivity contribution in [3.63, 3.8) is 0 Å². The first-order valence-electron chi connectivity index (χ1n) is 7.71. The number of carbonyl (C=O) groups excluding carboxylic acids is 1. The van der Waals surface area contributed by atoms with E-state index in [0.717, 1.165) is 26.9 Å². The molecule has 3 aromatic rings. The highest BCUT2D eigenvalue weighted by Crippen LogP contribution is 2.30. The molecule has 0 unspecified atom stereocenters. The van der Waals surface area contributed by atoms with Crippen molar-refractivity contribution in [2.75, 3.05) is 12.4 Å². The highest BCUT2D eigenvalue weighted by atomic mass is 32.1. The van der Waals surface area contributed by atoms with Gasteiger partial charge in [-0.15, -0.1) is 11.3 Å². The molecule has 25 heavy (non-hydrogen) atoms. The van der Waals surface area contributed by atoms with Gasteiger partial charge in [0.1, 0.15) is 16.6 Å². The van der Waals surface area contributed by atoms with Crippen LogP contribution < -0.4 is 10.1 Å². The molecule has 1 aromatic heterocycles. The van der Waals surface area contributed by atoms with E-state index < -0.39 is 0 Å². The number of rotatable bonds is 5. The molecule has 0 radical (unpaired) electrons. The molecule has 1 amide bonds. The zero-order valence-electron chi connectivity index (χ0n) is 13.9. The predicted octanol–water partition coefficient (Wildman–Crippen LogP) is 4.45. The average molecular weight is 356 g/mol. The number of ether oxygens (including phenoxy) is 1. The maximum absolute atomic E-state index is 12.9. The van der Waals surface area contributed by atoms with Crippen LogP contribution in [0.5, 0.6) is 5.75 Å². The monoisotopic (exact) mass is 356 g/mol. The van der Waals surface area contributed by atoms with Crippen molar-refractivity contribution in [2.45, 2.75) is 13.3 Å². The van der Waals surface area contributed by atoms with Gasteiger partial charge in [-0.05, 0) is 43.3 Å². The van der Waals surface area contributed by atoms with Gasteiger partial charge in [0.15, 0.2) is 0 Å². The molecular formula is C19H17FN2O2S. The van der Waals surface area contributed by atoms with Gasteiger partial charge in [0.05, 0.1) is 19.2 Å². The number of aromatic nitrogens is 1. The Morgan fingerprint density at radius 2 is 2.00 bits per heavy atom. The van der Waals surface area contributed by atoms with Crippen LogP contribution in [0.4, 0.5) is 10.1 Å². The average Bonchev–Trinajstić information content (AvgIpc) is 2.97. The number of carbonyl (C=O) groups is 1. The second kappa shape index (κ2) is 7.44. The van der Waals surface area contributed by atoms with Crippen LogP contribution in [0, 0.1) is 12.7 Å². The Bertz CT molecular complexity index is 891. The van der Waals surface area contributed by atoms with Gasteiger partial charge in [0.2, 0.25) is 5.91 Å². The first-order valence-corrected chi connectivity index (χ1v) is 8.53. The molecule has 6 heteroatoms. The zero-order valence-corrected chi connectivity index (χ0v) is 14.7. The van der Waals surface area contributed by atoms with E-state index >= 15 is 0 Å². The number of anilines is 1. The van der Waals surface area contributed by atoms with Crippen molar-refractivity contribution >= 4 is 22.9 Å². The Morgan fingerprint density at radius 3 is 2.72 bits per heavy atom. The second-order valence-corrected chi connectivity index (χ2v) is 6.58. The molecule has 0 saturated heterocycles. The Kier molecular flexibility index (Phi) is 5.09. The van der Waals surface area contributed by atoms with Gasteiger partial charge in [0.25, 0.3) is 0 Å². The molecule has 1 N–H and O–H groups in total. The van der Waals surface area contributed by atoms with Crippen LogP contribution in [0.15, 0.2) is 48.5 Å². The molecule has 0 aliphatic heterocycles. The third-order valence-corrected chi connectivity index (χ3v) is 4.86. The summed E-state index contributed by atoms with van der Waals surface area (Å²) in [7, 11) is 1.62. The summed E-state index contributed by atoms with van der Waals surface area (Å²) in [6, 6.07) is 13.4. The van der Waals surface area contributed by atoms with Gasteiger partial charge >= 0.3 is 0 Å². The minimum Gasteiger partial charge on any atom is -0.497 e. The van der Waals surface area contributed by atoms with E-state index in [1.54, 1.807) is 7.11 Å². The number of nitrogens with one attached hydrogen (secondary N) is 1. The number of aryl methyl sites for hydroxylation is 1.